The van der Waals surface area contributed by atoms with Crippen LogP contribution in [0.1, 0.15) is 31.1 Å². The lowest BCUT2D eigenvalue weighted by molar-refractivity contribution is 0.0696. The fraction of sp³-hybridized carbons (Fsp3) is 0.533. The molecule has 0 bridgehead atoms. The molecular formula is C15H21ClN2O2. The van der Waals surface area contributed by atoms with E-state index in [0.29, 0.717) is 5.02 Å². The molecule has 20 heavy (non-hydrogen) atoms. The van der Waals surface area contributed by atoms with Crippen LogP contribution in [0.15, 0.2) is 18.2 Å². The number of piperazine rings is 1. The number of anilines is 1. The molecule has 1 aromatic rings. The summed E-state index contributed by atoms with van der Waals surface area (Å²) in [6, 6.07) is 5.08. The van der Waals surface area contributed by atoms with E-state index in [-0.39, 0.29) is 11.1 Å². The van der Waals surface area contributed by atoms with Crippen LogP contribution in [0, 0.1) is 0 Å². The van der Waals surface area contributed by atoms with Gasteiger partial charge in [-0.25, -0.2) is 4.79 Å². The third-order valence-electron chi connectivity index (χ3n) is 3.76. The second kappa shape index (κ2) is 5.62. The number of carboxylic acid groups (broad SMARTS) is 1. The van der Waals surface area contributed by atoms with Gasteiger partial charge < -0.3 is 10.0 Å². The third-order valence-corrected chi connectivity index (χ3v) is 3.99. The first-order valence-electron chi connectivity index (χ1n) is 6.82. The predicted octanol–water partition coefficient (Wildman–Crippen LogP) is 2.96. The van der Waals surface area contributed by atoms with Crippen molar-refractivity contribution in [2.45, 2.75) is 26.3 Å². The van der Waals surface area contributed by atoms with Crippen LogP contribution in [0.5, 0.6) is 0 Å². The van der Waals surface area contributed by atoms with Crippen LogP contribution in [-0.4, -0.2) is 47.7 Å². The first kappa shape index (κ1) is 15.1. The summed E-state index contributed by atoms with van der Waals surface area (Å²) in [7, 11) is 0. The molecule has 0 radical (unpaired) electrons. The summed E-state index contributed by atoms with van der Waals surface area (Å²) in [4.78, 5) is 15.9. The number of aromatic carboxylic acids is 1. The molecule has 0 aromatic heterocycles. The van der Waals surface area contributed by atoms with E-state index in [1.807, 2.05) is 0 Å². The lowest BCUT2D eigenvalue weighted by Gasteiger charge is -2.43. The van der Waals surface area contributed by atoms with Crippen molar-refractivity contribution < 1.29 is 9.90 Å². The van der Waals surface area contributed by atoms with E-state index in [9.17, 15) is 9.90 Å². The summed E-state index contributed by atoms with van der Waals surface area (Å²) in [5, 5.41) is 9.76. The molecule has 4 nitrogen and oxygen atoms in total. The Bertz CT molecular complexity index is 503. The number of hydrogen-bond donors (Lipinski definition) is 1. The molecule has 1 aromatic carbocycles. The van der Waals surface area contributed by atoms with E-state index < -0.39 is 5.97 Å². The van der Waals surface area contributed by atoms with Crippen LogP contribution >= 0.6 is 11.6 Å². The minimum absolute atomic E-state index is 0.154. The van der Waals surface area contributed by atoms with Crippen LogP contribution < -0.4 is 4.90 Å². The largest absolute Gasteiger partial charge is 0.478 e. The van der Waals surface area contributed by atoms with Crippen molar-refractivity contribution in [1.29, 1.82) is 0 Å². The molecule has 0 spiro atoms. The molecule has 0 amide bonds. The van der Waals surface area contributed by atoms with Crippen LogP contribution in [0.4, 0.5) is 5.69 Å². The number of rotatable bonds is 2. The first-order valence-corrected chi connectivity index (χ1v) is 7.19. The van der Waals surface area contributed by atoms with E-state index in [0.717, 1.165) is 31.9 Å². The van der Waals surface area contributed by atoms with Gasteiger partial charge in [0.1, 0.15) is 0 Å². The molecule has 0 atom stereocenters. The molecule has 1 aliphatic rings. The Hall–Kier alpha value is -1.26. The predicted molar refractivity (Wildman–Crippen MR) is 82.0 cm³/mol. The van der Waals surface area contributed by atoms with Gasteiger partial charge in [0.2, 0.25) is 0 Å². The van der Waals surface area contributed by atoms with Gasteiger partial charge in [-0.3, -0.25) is 4.90 Å². The van der Waals surface area contributed by atoms with Gasteiger partial charge >= 0.3 is 5.97 Å². The maximum atomic E-state index is 11.3. The monoisotopic (exact) mass is 296 g/mol. The van der Waals surface area contributed by atoms with Gasteiger partial charge in [0.15, 0.2) is 0 Å². The molecule has 1 fully saturated rings. The van der Waals surface area contributed by atoms with Crippen molar-refractivity contribution >= 4 is 23.3 Å². The normalized spacial score (nSPS) is 17.3. The average Bonchev–Trinajstić information content (AvgIpc) is 2.37. The van der Waals surface area contributed by atoms with Gasteiger partial charge in [0, 0.05) is 36.7 Å². The molecule has 0 unspecified atom stereocenters. The first-order chi connectivity index (χ1) is 9.29. The second-order valence-electron chi connectivity index (χ2n) is 6.11. The second-order valence-corrected chi connectivity index (χ2v) is 6.55. The summed E-state index contributed by atoms with van der Waals surface area (Å²) >= 11 is 5.89. The Kier molecular flexibility index (Phi) is 4.25. The van der Waals surface area contributed by atoms with E-state index in [1.165, 1.54) is 6.07 Å². The molecule has 1 N–H and O–H groups in total. The lowest BCUT2D eigenvalue weighted by Crippen LogP contribution is -2.53. The Morgan fingerprint density at radius 2 is 1.80 bits per heavy atom. The number of hydrogen-bond acceptors (Lipinski definition) is 3. The standard InChI is InChI=1S/C15H21ClN2O2/c1-15(2,3)18-8-6-17(7-9-18)13-5-4-11(16)10-12(13)14(19)20/h4-5,10H,6-9H2,1-3H3,(H,19,20). The average molecular weight is 297 g/mol. The summed E-state index contributed by atoms with van der Waals surface area (Å²) < 4.78 is 0. The van der Waals surface area contributed by atoms with E-state index >= 15 is 0 Å². The van der Waals surface area contributed by atoms with Crippen LogP contribution in [0.3, 0.4) is 0 Å². The van der Waals surface area contributed by atoms with Crippen molar-refractivity contribution in [3.05, 3.63) is 28.8 Å². The number of nitrogens with zero attached hydrogens (tertiary/aromatic N) is 2. The fourth-order valence-electron chi connectivity index (χ4n) is 2.57. The minimum atomic E-state index is -0.930. The van der Waals surface area contributed by atoms with Crippen molar-refractivity contribution in [3.8, 4) is 0 Å². The fourth-order valence-corrected chi connectivity index (χ4v) is 2.75. The molecule has 2 rings (SSSR count). The topological polar surface area (TPSA) is 43.8 Å². The number of carbonyl (C=O) groups is 1. The Labute approximate surface area is 124 Å². The third kappa shape index (κ3) is 3.25. The zero-order chi connectivity index (χ0) is 14.9. The lowest BCUT2D eigenvalue weighted by atomic mass is 10.0. The Balaban J connectivity index is 2.17. The highest BCUT2D eigenvalue weighted by molar-refractivity contribution is 6.31. The molecule has 1 aliphatic heterocycles. The van der Waals surface area contributed by atoms with Crippen molar-refractivity contribution in [2.75, 3.05) is 31.1 Å². The molecule has 0 saturated carbocycles. The van der Waals surface area contributed by atoms with Gasteiger partial charge in [-0.2, -0.15) is 0 Å². The molecular weight excluding hydrogens is 276 g/mol. The molecule has 0 aliphatic carbocycles. The smallest absolute Gasteiger partial charge is 0.337 e. The van der Waals surface area contributed by atoms with E-state index in [4.69, 9.17) is 11.6 Å². The van der Waals surface area contributed by atoms with Crippen LogP contribution in [0.2, 0.25) is 5.02 Å². The van der Waals surface area contributed by atoms with Crippen molar-refractivity contribution in [2.24, 2.45) is 0 Å². The highest BCUT2D eigenvalue weighted by Crippen LogP contribution is 2.26. The van der Waals surface area contributed by atoms with E-state index in [2.05, 4.69) is 30.6 Å². The Morgan fingerprint density at radius 1 is 1.20 bits per heavy atom. The van der Waals surface area contributed by atoms with Gasteiger partial charge in [0.05, 0.1) is 11.3 Å². The zero-order valence-corrected chi connectivity index (χ0v) is 12.9. The van der Waals surface area contributed by atoms with Crippen molar-refractivity contribution in [1.82, 2.24) is 4.90 Å². The Morgan fingerprint density at radius 3 is 2.30 bits per heavy atom. The van der Waals surface area contributed by atoms with Crippen LogP contribution in [-0.2, 0) is 0 Å². The summed E-state index contributed by atoms with van der Waals surface area (Å²) in [5.41, 5.74) is 1.19. The summed E-state index contributed by atoms with van der Waals surface area (Å²) in [6.45, 7) is 10.1. The highest BCUT2D eigenvalue weighted by atomic mass is 35.5. The van der Waals surface area contributed by atoms with Crippen LogP contribution in [0.25, 0.3) is 0 Å². The molecule has 1 saturated heterocycles. The van der Waals surface area contributed by atoms with E-state index in [1.54, 1.807) is 12.1 Å². The zero-order valence-electron chi connectivity index (χ0n) is 12.2. The quantitative estimate of drug-likeness (QED) is 0.911. The van der Waals surface area contributed by atoms with Gasteiger partial charge in [-0.05, 0) is 39.0 Å². The maximum absolute atomic E-state index is 11.3. The highest BCUT2D eigenvalue weighted by Gasteiger charge is 2.27. The SMILES string of the molecule is CC(C)(C)N1CCN(c2ccc(Cl)cc2C(=O)O)CC1. The number of benzene rings is 1. The number of halogens is 1. The summed E-state index contributed by atoms with van der Waals surface area (Å²) in [5.74, 6) is -0.930. The van der Waals surface area contributed by atoms with Gasteiger partial charge in [0.25, 0.3) is 0 Å². The minimum Gasteiger partial charge on any atom is -0.478 e. The maximum Gasteiger partial charge on any atom is 0.337 e. The summed E-state index contributed by atoms with van der Waals surface area (Å²) in [6.07, 6.45) is 0. The van der Waals surface area contributed by atoms with Gasteiger partial charge in [-0.15, -0.1) is 0 Å². The van der Waals surface area contributed by atoms with Gasteiger partial charge in [-0.1, -0.05) is 11.6 Å². The van der Waals surface area contributed by atoms with Crippen molar-refractivity contribution in [3.63, 3.8) is 0 Å². The molecule has 1 heterocycles. The number of carboxylic acids is 1. The molecule has 5 heteroatoms. The molecule has 110 valence electrons.